The summed E-state index contributed by atoms with van der Waals surface area (Å²) in [6.45, 7) is 5.49. The third-order valence-electron chi connectivity index (χ3n) is 4.73. The number of carbonyl (C=O) groups excluding carboxylic acids is 2. The molecule has 136 valence electrons. The van der Waals surface area contributed by atoms with Crippen LogP contribution in [0.25, 0.3) is 0 Å². The van der Waals surface area contributed by atoms with Gasteiger partial charge in [-0.3, -0.25) is 9.69 Å². The zero-order chi connectivity index (χ0) is 18.4. The minimum atomic E-state index is -0.589. The molecule has 0 spiro atoms. The van der Waals surface area contributed by atoms with Crippen LogP contribution in [0.1, 0.15) is 40.0 Å². The predicted octanol–water partition coefficient (Wildman–Crippen LogP) is 3.76. The van der Waals surface area contributed by atoms with Crippen molar-refractivity contribution in [2.75, 3.05) is 11.1 Å². The highest BCUT2D eigenvalue weighted by atomic mass is 79.9. The maximum absolute atomic E-state index is 12.9. The molecule has 0 radical (unpaired) electrons. The SMILES string of the molecule is CC(C)(C)OC(=O)N1[C@@H]2CC[C@@H](C2)[C@H]1C(=O)Nc1cc(Br)ccc1N. The van der Waals surface area contributed by atoms with E-state index in [1.54, 1.807) is 17.0 Å². The maximum Gasteiger partial charge on any atom is 0.411 e. The van der Waals surface area contributed by atoms with E-state index in [0.717, 1.165) is 23.7 Å². The van der Waals surface area contributed by atoms with E-state index in [1.807, 2.05) is 26.8 Å². The lowest BCUT2D eigenvalue weighted by Crippen LogP contribution is -2.52. The molecule has 2 aliphatic rings. The third kappa shape index (κ3) is 3.76. The highest BCUT2D eigenvalue weighted by molar-refractivity contribution is 9.10. The topological polar surface area (TPSA) is 84.7 Å². The summed E-state index contributed by atoms with van der Waals surface area (Å²) in [5, 5.41) is 2.88. The Bertz CT molecular complexity index is 701. The lowest BCUT2D eigenvalue weighted by atomic mass is 9.98. The number of anilines is 2. The molecule has 1 saturated carbocycles. The van der Waals surface area contributed by atoms with Crippen LogP contribution in [0.2, 0.25) is 0 Å². The smallest absolute Gasteiger partial charge is 0.411 e. The van der Waals surface area contributed by atoms with E-state index in [0.29, 0.717) is 11.4 Å². The van der Waals surface area contributed by atoms with Crippen LogP contribution in [0.4, 0.5) is 16.2 Å². The molecule has 2 amide bonds. The Morgan fingerprint density at radius 3 is 2.72 bits per heavy atom. The molecule has 1 aromatic carbocycles. The van der Waals surface area contributed by atoms with Crippen molar-refractivity contribution in [3.63, 3.8) is 0 Å². The van der Waals surface area contributed by atoms with Crippen LogP contribution in [0.3, 0.4) is 0 Å². The third-order valence-corrected chi connectivity index (χ3v) is 5.22. The lowest BCUT2D eigenvalue weighted by Gasteiger charge is -2.35. The van der Waals surface area contributed by atoms with E-state index in [1.165, 1.54) is 0 Å². The minimum absolute atomic E-state index is 0.0791. The zero-order valence-corrected chi connectivity index (χ0v) is 16.3. The Balaban J connectivity index is 1.80. The van der Waals surface area contributed by atoms with E-state index in [4.69, 9.17) is 10.5 Å². The molecule has 1 heterocycles. The molecule has 2 bridgehead atoms. The van der Waals surface area contributed by atoms with Crippen molar-refractivity contribution in [3.8, 4) is 0 Å². The largest absolute Gasteiger partial charge is 0.444 e. The highest BCUT2D eigenvalue weighted by Crippen LogP contribution is 2.43. The average Bonchev–Trinajstić information content (AvgIpc) is 3.09. The number of nitrogens with two attached hydrogens (primary N) is 1. The second-order valence-electron chi connectivity index (χ2n) is 7.78. The van der Waals surface area contributed by atoms with Gasteiger partial charge in [0.1, 0.15) is 11.6 Å². The molecule has 1 aliphatic carbocycles. The summed E-state index contributed by atoms with van der Waals surface area (Å²) in [5.41, 5.74) is 6.40. The Labute approximate surface area is 156 Å². The van der Waals surface area contributed by atoms with Crippen molar-refractivity contribution in [1.29, 1.82) is 0 Å². The molecule has 6 nitrogen and oxygen atoms in total. The molecule has 0 aromatic heterocycles. The number of halogens is 1. The monoisotopic (exact) mass is 409 g/mol. The van der Waals surface area contributed by atoms with E-state index >= 15 is 0 Å². The van der Waals surface area contributed by atoms with Gasteiger partial charge in [0.2, 0.25) is 5.91 Å². The average molecular weight is 410 g/mol. The Kier molecular flexibility index (Phi) is 4.70. The van der Waals surface area contributed by atoms with Crippen LogP contribution in [0.5, 0.6) is 0 Å². The Morgan fingerprint density at radius 1 is 1.32 bits per heavy atom. The van der Waals surface area contributed by atoms with E-state index < -0.39 is 17.7 Å². The summed E-state index contributed by atoms with van der Waals surface area (Å²) >= 11 is 3.38. The van der Waals surface area contributed by atoms with Crippen LogP contribution in [0, 0.1) is 5.92 Å². The van der Waals surface area contributed by atoms with Crippen LogP contribution >= 0.6 is 15.9 Å². The molecule has 7 heteroatoms. The van der Waals surface area contributed by atoms with Crippen molar-refractivity contribution in [2.24, 2.45) is 5.92 Å². The summed E-state index contributed by atoms with van der Waals surface area (Å²) in [4.78, 5) is 27.2. The van der Waals surface area contributed by atoms with Gasteiger partial charge < -0.3 is 15.8 Å². The fraction of sp³-hybridized carbons (Fsp3) is 0.556. The number of ether oxygens (including phenoxy) is 1. The summed E-state index contributed by atoms with van der Waals surface area (Å²) in [6.07, 6.45) is 2.32. The van der Waals surface area contributed by atoms with Crippen molar-refractivity contribution in [1.82, 2.24) is 4.90 Å². The molecule has 3 atom stereocenters. The van der Waals surface area contributed by atoms with Gasteiger partial charge in [0.25, 0.3) is 0 Å². The summed E-state index contributed by atoms with van der Waals surface area (Å²) < 4.78 is 6.35. The summed E-state index contributed by atoms with van der Waals surface area (Å²) in [7, 11) is 0. The second-order valence-corrected chi connectivity index (χ2v) is 8.70. The van der Waals surface area contributed by atoms with E-state index in [9.17, 15) is 9.59 Å². The highest BCUT2D eigenvalue weighted by Gasteiger charge is 2.52. The molecular weight excluding hydrogens is 386 g/mol. The number of amides is 2. The number of hydrogen-bond donors (Lipinski definition) is 2. The molecule has 0 unspecified atom stereocenters. The van der Waals surface area contributed by atoms with Gasteiger partial charge in [0.05, 0.1) is 11.4 Å². The van der Waals surface area contributed by atoms with Gasteiger partial charge >= 0.3 is 6.09 Å². The molecule has 2 fully saturated rings. The number of nitrogens with one attached hydrogen (secondary N) is 1. The standard InChI is InChI=1S/C18H24BrN3O3/c1-18(2,3)25-17(24)22-12-6-4-10(8-12)15(22)16(23)21-14-9-11(19)5-7-13(14)20/h5,7,9-10,12,15H,4,6,8,20H2,1-3H3,(H,21,23)/t10-,12+,15-/m0/s1. The molecule has 3 N–H and O–H groups in total. The molecular formula is C18H24BrN3O3. The number of fused-ring (bicyclic) bond motifs is 2. The predicted molar refractivity (Wildman–Crippen MR) is 100 cm³/mol. The summed E-state index contributed by atoms with van der Waals surface area (Å²) in [6, 6.07) is 4.88. The van der Waals surface area contributed by atoms with Crippen LogP contribution in [0.15, 0.2) is 22.7 Å². The van der Waals surface area contributed by atoms with Crippen molar-refractivity contribution < 1.29 is 14.3 Å². The first-order valence-electron chi connectivity index (χ1n) is 8.53. The molecule has 1 aromatic rings. The fourth-order valence-electron chi connectivity index (χ4n) is 3.75. The lowest BCUT2D eigenvalue weighted by molar-refractivity contribution is -0.122. The summed E-state index contributed by atoms with van der Waals surface area (Å²) in [5.74, 6) is -0.0336. The quantitative estimate of drug-likeness (QED) is 0.728. The van der Waals surface area contributed by atoms with Gasteiger partial charge in [0, 0.05) is 10.5 Å². The maximum atomic E-state index is 12.9. The first-order valence-corrected chi connectivity index (χ1v) is 9.32. The number of nitrogen functional groups attached to an aromatic ring is 1. The first-order chi connectivity index (χ1) is 11.7. The van der Waals surface area contributed by atoms with Crippen molar-refractivity contribution in [2.45, 2.75) is 57.7 Å². The fourth-order valence-corrected chi connectivity index (χ4v) is 4.11. The Hall–Kier alpha value is -1.76. The second kappa shape index (κ2) is 6.52. The number of likely N-dealkylation sites (tertiary alicyclic amines) is 1. The zero-order valence-electron chi connectivity index (χ0n) is 14.7. The molecule has 1 saturated heterocycles. The number of piperidine rings is 1. The van der Waals surface area contributed by atoms with Gasteiger partial charge in [-0.05, 0) is 64.2 Å². The molecule has 1 aliphatic heterocycles. The minimum Gasteiger partial charge on any atom is -0.444 e. The number of benzene rings is 1. The van der Waals surface area contributed by atoms with Gasteiger partial charge in [0.15, 0.2) is 0 Å². The molecule has 3 rings (SSSR count). The van der Waals surface area contributed by atoms with Crippen LogP contribution in [-0.4, -0.2) is 34.6 Å². The Morgan fingerprint density at radius 2 is 2.04 bits per heavy atom. The van der Waals surface area contributed by atoms with Crippen molar-refractivity contribution >= 4 is 39.3 Å². The first kappa shape index (κ1) is 18.0. The normalized spacial score (nSPS) is 25.1. The van der Waals surface area contributed by atoms with E-state index in [-0.39, 0.29) is 17.9 Å². The number of rotatable bonds is 2. The van der Waals surface area contributed by atoms with E-state index in [2.05, 4.69) is 21.2 Å². The number of hydrogen-bond acceptors (Lipinski definition) is 4. The van der Waals surface area contributed by atoms with Gasteiger partial charge in [-0.1, -0.05) is 15.9 Å². The van der Waals surface area contributed by atoms with Gasteiger partial charge in [-0.25, -0.2) is 4.79 Å². The molecule has 25 heavy (non-hydrogen) atoms. The van der Waals surface area contributed by atoms with Gasteiger partial charge in [-0.15, -0.1) is 0 Å². The van der Waals surface area contributed by atoms with Gasteiger partial charge in [-0.2, -0.15) is 0 Å². The van der Waals surface area contributed by atoms with Crippen molar-refractivity contribution in [3.05, 3.63) is 22.7 Å². The van der Waals surface area contributed by atoms with Crippen LogP contribution in [-0.2, 0) is 9.53 Å². The number of carbonyl (C=O) groups is 2. The van der Waals surface area contributed by atoms with Crippen LogP contribution < -0.4 is 11.1 Å². The number of nitrogens with zero attached hydrogens (tertiary/aromatic N) is 1.